The SMILES string of the molecule is CCCC(=O)OCC1CN(c2ccc(C(=O)Cn3cc([N+](=O)[O-])nc3Cl)cc2)C(=O)O1. The number of aromatic nitrogens is 2. The fourth-order valence-electron chi connectivity index (χ4n) is 2.93. The molecule has 31 heavy (non-hydrogen) atoms. The highest BCUT2D eigenvalue weighted by molar-refractivity contribution is 6.28. The number of nitro groups is 1. The number of ketones is 1. The molecule has 1 fully saturated rings. The number of carbonyl (C=O) groups is 3. The van der Waals surface area contributed by atoms with E-state index in [1.54, 1.807) is 12.1 Å². The van der Waals surface area contributed by atoms with Crippen molar-refractivity contribution < 1.29 is 28.8 Å². The third-order valence-electron chi connectivity index (χ3n) is 4.48. The molecule has 164 valence electrons. The molecule has 11 nitrogen and oxygen atoms in total. The van der Waals surface area contributed by atoms with Gasteiger partial charge in [-0.05, 0) is 52.2 Å². The molecule has 12 heteroatoms. The summed E-state index contributed by atoms with van der Waals surface area (Å²) in [4.78, 5) is 51.1. The van der Waals surface area contributed by atoms with Crippen LogP contribution in [0.4, 0.5) is 16.3 Å². The molecule has 0 saturated carbocycles. The van der Waals surface area contributed by atoms with Crippen molar-refractivity contribution in [1.29, 1.82) is 0 Å². The second-order valence-corrected chi connectivity index (χ2v) is 7.11. The van der Waals surface area contributed by atoms with E-state index in [4.69, 9.17) is 21.1 Å². The van der Waals surface area contributed by atoms with Crippen LogP contribution < -0.4 is 4.90 Å². The summed E-state index contributed by atoms with van der Waals surface area (Å²) in [7, 11) is 0. The number of hydrogen-bond donors (Lipinski definition) is 0. The smallest absolute Gasteiger partial charge is 0.414 e. The zero-order valence-electron chi connectivity index (χ0n) is 16.5. The van der Waals surface area contributed by atoms with Crippen LogP contribution in [0.2, 0.25) is 5.28 Å². The molecular weight excluding hydrogens is 432 g/mol. The summed E-state index contributed by atoms with van der Waals surface area (Å²) >= 11 is 5.83. The summed E-state index contributed by atoms with van der Waals surface area (Å²) < 4.78 is 11.5. The van der Waals surface area contributed by atoms with E-state index < -0.39 is 22.9 Å². The molecule has 1 aliphatic heterocycles. The topological polar surface area (TPSA) is 134 Å². The Morgan fingerprint density at radius 2 is 2.06 bits per heavy atom. The van der Waals surface area contributed by atoms with E-state index in [9.17, 15) is 24.5 Å². The van der Waals surface area contributed by atoms with Crippen LogP contribution in [0.5, 0.6) is 0 Å². The number of benzene rings is 1. The highest BCUT2D eigenvalue weighted by Gasteiger charge is 2.33. The third kappa shape index (κ3) is 5.37. The molecule has 0 bridgehead atoms. The Bertz CT molecular complexity index is 1010. The van der Waals surface area contributed by atoms with E-state index in [0.29, 0.717) is 24.1 Å². The number of imidazole rings is 1. The highest BCUT2D eigenvalue weighted by Crippen LogP contribution is 2.23. The van der Waals surface area contributed by atoms with Crippen LogP contribution in [0.3, 0.4) is 0 Å². The standard InChI is InChI=1S/C19H19ClN4O7/c1-2-3-17(26)30-11-14-8-23(19(27)31-14)13-6-4-12(5-7-13)15(25)9-22-10-16(24(28)29)21-18(22)20/h4-7,10,14H,2-3,8-9,11H2,1H3. The average molecular weight is 451 g/mol. The van der Waals surface area contributed by atoms with E-state index in [2.05, 4.69) is 4.98 Å². The maximum absolute atomic E-state index is 12.5. The minimum Gasteiger partial charge on any atom is -0.462 e. The molecule has 1 unspecified atom stereocenters. The summed E-state index contributed by atoms with van der Waals surface area (Å²) in [6.07, 6.45) is 0.909. The molecule has 3 rings (SSSR count). The minimum atomic E-state index is -0.700. The summed E-state index contributed by atoms with van der Waals surface area (Å²) in [5.74, 6) is -1.13. The third-order valence-corrected chi connectivity index (χ3v) is 4.78. The number of halogens is 1. The second-order valence-electron chi connectivity index (χ2n) is 6.77. The first kappa shape index (κ1) is 22.2. The molecule has 1 atom stereocenters. The molecule has 2 aromatic rings. The molecular formula is C19H19ClN4O7. The van der Waals surface area contributed by atoms with Gasteiger partial charge < -0.3 is 19.6 Å². The van der Waals surface area contributed by atoms with Gasteiger partial charge in [0.1, 0.15) is 12.8 Å². The summed E-state index contributed by atoms with van der Waals surface area (Å²) in [6, 6.07) is 6.22. The maximum atomic E-state index is 12.5. The number of anilines is 1. The Hall–Kier alpha value is -3.47. The van der Waals surface area contributed by atoms with Crippen LogP contribution in [-0.2, 0) is 20.8 Å². The van der Waals surface area contributed by atoms with Crippen LogP contribution in [0.1, 0.15) is 30.1 Å². The lowest BCUT2D eigenvalue weighted by Gasteiger charge is -2.13. The first-order valence-electron chi connectivity index (χ1n) is 9.42. The number of rotatable bonds is 9. The van der Waals surface area contributed by atoms with Gasteiger partial charge in [0.15, 0.2) is 11.9 Å². The van der Waals surface area contributed by atoms with E-state index in [0.717, 1.165) is 6.20 Å². The largest absolute Gasteiger partial charge is 0.462 e. The number of ether oxygens (including phenoxy) is 2. The van der Waals surface area contributed by atoms with Gasteiger partial charge in [-0.3, -0.25) is 19.1 Å². The molecule has 1 saturated heterocycles. The molecule has 1 aromatic heterocycles. The van der Waals surface area contributed by atoms with Gasteiger partial charge in [0.25, 0.3) is 0 Å². The lowest BCUT2D eigenvalue weighted by molar-refractivity contribution is -0.389. The van der Waals surface area contributed by atoms with E-state index >= 15 is 0 Å². The van der Waals surface area contributed by atoms with Crippen molar-refractivity contribution in [2.24, 2.45) is 0 Å². The molecule has 2 heterocycles. The lowest BCUT2D eigenvalue weighted by atomic mass is 10.1. The minimum absolute atomic E-state index is 0.0184. The van der Waals surface area contributed by atoms with Gasteiger partial charge in [-0.1, -0.05) is 6.92 Å². The van der Waals surface area contributed by atoms with Crippen molar-refractivity contribution in [2.45, 2.75) is 32.4 Å². The van der Waals surface area contributed by atoms with Gasteiger partial charge in [-0.15, -0.1) is 0 Å². The van der Waals surface area contributed by atoms with E-state index in [1.807, 2.05) is 6.92 Å². The van der Waals surface area contributed by atoms with Gasteiger partial charge in [0.2, 0.25) is 0 Å². The molecule has 0 aliphatic carbocycles. The van der Waals surface area contributed by atoms with Gasteiger partial charge in [-0.2, -0.15) is 0 Å². The monoisotopic (exact) mass is 450 g/mol. The molecule has 1 aromatic carbocycles. The fourth-order valence-corrected chi connectivity index (χ4v) is 3.13. The van der Waals surface area contributed by atoms with Gasteiger partial charge in [-0.25, -0.2) is 4.79 Å². The van der Waals surface area contributed by atoms with E-state index in [-0.39, 0.29) is 36.7 Å². The molecule has 0 radical (unpaired) electrons. The average Bonchev–Trinajstić information content (AvgIpc) is 3.29. The number of nitrogens with zero attached hydrogens (tertiary/aromatic N) is 4. The summed E-state index contributed by atoms with van der Waals surface area (Å²) in [6.45, 7) is 1.83. The van der Waals surface area contributed by atoms with Crippen molar-refractivity contribution in [1.82, 2.24) is 9.55 Å². The molecule has 1 amide bonds. The van der Waals surface area contributed by atoms with Gasteiger partial charge in [0, 0.05) is 17.7 Å². The van der Waals surface area contributed by atoms with Crippen LogP contribution >= 0.6 is 11.6 Å². The molecule has 0 spiro atoms. The van der Waals surface area contributed by atoms with Crippen molar-refractivity contribution in [3.8, 4) is 0 Å². The normalized spacial score (nSPS) is 15.6. The Kier molecular flexibility index (Phi) is 6.85. The first-order chi connectivity index (χ1) is 14.8. The summed E-state index contributed by atoms with van der Waals surface area (Å²) in [5, 5.41) is 10.6. The van der Waals surface area contributed by atoms with E-state index in [1.165, 1.54) is 21.6 Å². The van der Waals surface area contributed by atoms with Crippen molar-refractivity contribution in [3.05, 3.63) is 51.4 Å². The predicted molar refractivity (Wildman–Crippen MR) is 108 cm³/mol. The van der Waals surface area contributed by atoms with Gasteiger partial charge >= 0.3 is 23.2 Å². The Balaban J connectivity index is 1.60. The zero-order valence-corrected chi connectivity index (χ0v) is 17.3. The Morgan fingerprint density at radius 1 is 1.35 bits per heavy atom. The molecule has 0 N–H and O–H groups in total. The zero-order chi connectivity index (χ0) is 22.5. The fraction of sp³-hybridized carbons (Fsp3) is 0.368. The number of esters is 1. The molecule has 1 aliphatic rings. The van der Waals surface area contributed by atoms with Crippen molar-refractivity contribution >= 4 is 41.0 Å². The van der Waals surface area contributed by atoms with Crippen LogP contribution in [0.15, 0.2) is 30.5 Å². The lowest BCUT2D eigenvalue weighted by Crippen LogP contribution is -2.26. The first-order valence-corrected chi connectivity index (χ1v) is 9.80. The van der Waals surface area contributed by atoms with Crippen LogP contribution in [-0.4, -0.2) is 51.6 Å². The van der Waals surface area contributed by atoms with Crippen LogP contribution in [0.25, 0.3) is 0 Å². The predicted octanol–water partition coefficient (Wildman–Crippen LogP) is 3.00. The number of amides is 1. The number of Topliss-reactive ketones (excluding diaryl/α,β-unsaturated/α-hetero) is 1. The quantitative estimate of drug-likeness (QED) is 0.246. The summed E-state index contributed by atoms with van der Waals surface area (Å²) in [5.41, 5.74) is 0.842. The maximum Gasteiger partial charge on any atom is 0.414 e. The Labute approximate surface area is 181 Å². The van der Waals surface area contributed by atoms with Gasteiger partial charge in [0.05, 0.1) is 13.1 Å². The second kappa shape index (κ2) is 9.56. The number of hydrogen-bond acceptors (Lipinski definition) is 8. The highest BCUT2D eigenvalue weighted by atomic mass is 35.5. The number of cyclic esters (lactones) is 1. The van der Waals surface area contributed by atoms with Crippen molar-refractivity contribution in [2.75, 3.05) is 18.1 Å². The van der Waals surface area contributed by atoms with Crippen molar-refractivity contribution in [3.63, 3.8) is 0 Å². The van der Waals surface area contributed by atoms with Crippen LogP contribution in [0, 0.1) is 10.1 Å². The number of carbonyl (C=O) groups excluding carboxylic acids is 3. The Morgan fingerprint density at radius 3 is 2.68 bits per heavy atom.